The Morgan fingerprint density at radius 1 is 1.00 bits per heavy atom. The van der Waals surface area contributed by atoms with Crippen molar-refractivity contribution in [3.63, 3.8) is 0 Å². The standard InChI is InChI=1S/C18H19N3O4S/c19-17(22)15-5-1-2-6-16(15)20-18(23)13-7-9-14(10-8-13)21-11-3-4-12-26(21,24)25/h1-2,5-10H,3-4,11-12H2,(H2,19,22)(H,20,23). The quantitative estimate of drug-likeness (QED) is 0.854. The Morgan fingerprint density at radius 3 is 2.35 bits per heavy atom. The van der Waals surface area contributed by atoms with Crippen LogP contribution >= 0.6 is 0 Å². The number of amides is 2. The number of primary amides is 1. The van der Waals surface area contributed by atoms with E-state index in [0.29, 0.717) is 29.9 Å². The van der Waals surface area contributed by atoms with Crippen molar-refractivity contribution < 1.29 is 18.0 Å². The van der Waals surface area contributed by atoms with E-state index in [-0.39, 0.29) is 11.3 Å². The molecule has 0 aliphatic carbocycles. The first kappa shape index (κ1) is 17.9. The zero-order valence-electron chi connectivity index (χ0n) is 14.0. The van der Waals surface area contributed by atoms with Gasteiger partial charge in [-0.3, -0.25) is 13.9 Å². The SMILES string of the molecule is NC(=O)c1ccccc1NC(=O)c1ccc(N2CCCCS2(=O)=O)cc1. The summed E-state index contributed by atoms with van der Waals surface area (Å²) in [4.78, 5) is 23.8. The fraction of sp³-hybridized carbons (Fsp3) is 0.222. The van der Waals surface area contributed by atoms with Crippen molar-refractivity contribution >= 4 is 33.2 Å². The lowest BCUT2D eigenvalue weighted by Crippen LogP contribution is -2.37. The summed E-state index contributed by atoms with van der Waals surface area (Å²) in [5.74, 6) is -0.905. The molecule has 3 N–H and O–H groups in total. The highest BCUT2D eigenvalue weighted by Crippen LogP contribution is 2.24. The number of rotatable bonds is 4. The fourth-order valence-electron chi connectivity index (χ4n) is 2.86. The van der Waals surface area contributed by atoms with Gasteiger partial charge < -0.3 is 11.1 Å². The van der Waals surface area contributed by atoms with Crippen LogP contribution in [0.3, 0.4) is 0 Å². The molecule has 0 aromatic heterocycles. The summed E-state index contributed by atoms with van der Waals surface area (Å²) in [6.45, 7) is 0.444. The van der Waals surface area contributed by atoms with E-state index in [1.807, 2.05) is 0 Å². The Labute approximate surface area is 151 Å². The first-order valence-corrected chi connectivity index (χ1v) is 9.80. The minimum atomic E-state index is -3.29. The minimum absolute atomic E-state index is 0.138. The van der Waals surface area contributed by atoms with Gasteiger partial charge in [0.15, 0.2) is 0 Å². The van der Waals surface area contributed by atoms with Crippen LogP contribution in [0.1, 0.15) is 33.6 Å². The van der Waals surface area contributed by atoms with Gasteiger partial charge >= 0.3 is 0 Å². The van der Waals surface area contributed by atoms with E-state index >= 15 is 0 Å². The van der Waals surface area contributed by atoms with Crippen molar-refractivity contribution in [1.29, 1.82) is 0 Å². The van der Waals surface area contributed by atoms with Gasteiger partial charge in [0.1, 0.15) is 0 Å². The summed E-state index contributed by atoms with van der Waals surface area (Å²) in [5.41, 5.74) is 6.74. The lowest BCUT2D eigenvalue weighted by molar-refractivity contribution is 0.100. The number of anilines is 2. The second-order valence-electron chi connectivity index (χ2n) is 6.01. The summed E-state index contributed by atoms with van der Waals surface area (Å²) in [6, 6.07) is 12.8. The predicted molar refractivity (Wildman–Crippen MR) is 99.7 cm³/mol. The maximum atomic E-state index is 12.4. The average molecular weight is 373 g/mol. The molecule has 1 aliphatic heterocycles. The molecule has 2 aromatic carbocycles. The molecule has 2 amide bonds. The molecular weight excluding hydrogens is 354 g/mol. The van der Waals surface area contributed by atoms with Crippen LogP contribution in [0.15, 0.2) is 48.5 Å². The summed E-state index contributed by atoms with van der Waals surface area (Å²) in [7, 11) is -3.29. The first-order valence-electron chi connectivity index (χ1n) is 8.19. The Hall–Kier alpha value is -2.87. The minimum Gasteiger partial charge on any atom is -0.366 e. The third-order valence-corrected chi connectivity index (χ3v) is 6.08. The van der Waals surface area contributed by atoms with Crippen molar-refractivity contribution in [2.45, 2.75) is 12.8 Å². The topological polar surface area (TPSA) is 110 Å². The van der Waals surface area contributed by atoms with E-state index in [2.05, 4.69) is 5.32 Å². The molecule has 0 atom stereocenters. The number of carbonyl (C=O) groups excluding carboxylic acids is 2. The molecule has 0 unspecified atom stereocenters. The van der Waals surface area contributed by atoms with Crippen LogP contribution in [0.5, 0.6) is 0 Å². The summed E-state index contributed by atoms with van der Waals surface area (Å²) in [5, 5.41) is 2.65. The molecule has 136 valence electrons. The normalized spacial score (nSPS) is 16.1. The molecule has 1 fully saturated rings. The smallest absolute Gasteiger partial charge is 0.255 e. The highest BCUT2D eigenvalue weighted by molar-refractivity contribution is 7.92. The molecule has 26 heavy (non-hydrogen) atoms. The van der Waals surface area contributed by atoms with Crippen LogP contribution in [0.4, 0.5) is 11.4 Å². The van der Waals surface area contributed by atoms with Crippen LogP contribution in [-0.2, 0) is 10.0 Å². The molecule has 0 saturated carbocycles. The number of nitrogens with two attached hydrogens (primary N) is 1. The molecule has 7 nitrogen and oxygen atoms in total. The monoisotopic (exact) mass is 373 g/mol. The van der Waals surface area contributed by atoms with Gasteiger partial charge in [-0.25, -0.2) is 8.42 Å². The van der Waals surface area contributed by atoms with Gasteiger partial charge in [0.25, 0.3) is 11.8 Å². The van der Waals surface area contributed by atoms with Crippen LogP contribution in [0.25, 0.3) is 0 Å². The zero-order chi connectivity index (χ0) is 18.7. The predicted octanol–water partition coefficient (Wildman–Crippen LogP) is 1.97. The zero-order valence-corrected chi connectivity index (χ0v) is 14.8. The van der Waals surface area contributed by atoms with Gasteiger partial charge in [-0.15, -0.1) is 0 Å². The fourth-order valence-corrected chi connectivity index (χ4v) is 4.50. The average Bonchev–Trinajstić information content (AvgIpc) is 2.62. The van der Waals surface area contributed by atoms with Crippen molar-refractivity contribution in [3.8, 4) is 0 Å². The largest absolute Gasteiger partial charge is 0.366 e. The molecule has 0 bridgehead atoms. The van der Waals surface area contributed by atoms with Crippen molar-refractivity contribution in [1.82, 2.24) is 0 Å². The first-order chi connectivity index (χ1) is 12.4. The third kappa shape index (κ3) is 3.70. The Morgan fingerprint density at radius 2 is 1.69 bits per heavy atom. The van der Waals surface area contributed by atoms with Crippen molar-refractivity contribution in [2.24, 2.45) is 5.73 Å². The lowest BCUT2D eigenvalue weighted by atomic mass is 10.1. The lowest BCUT2D eigenvalue weighted by Gasteiger charge is -2.28. The second-order valence-corrected chi connectivity index (χ2v) is 8.02. The number of hydrogen-bond acceptors (Lipinski definition) is 4. The van der Waals surface area contributed by atoms with E-state index < -0.39 is 21.8 Å². The van der Waals surface area contributed by atoms with E-state index in [0.717, 1.165) is 6.42 Å². The summed E-state index contributed by atoms with van der Waals surface area (Å²) < 4.78 is 25.7. The van der Waals surface area contributed by atoms with Gasteiger partial charge in [0, 0.05) is 12.1 Å². The maximum absolute atomic E-state index is 12.4. The van der Waals surface area contributed by atoms with Gasteiger partial charge in [-0.2, -0.15) is 0 Å². The molecule has 1 heterocycles. The van der Waals surface area contributed by atoms with Crippen LogP contribution < -0.4 is 15.4 Å². The van der Waals surface area contributed by atoms with E-state index in [9.17, 15) is 18.0 Å². The van der Waals surface area contributed by atoms with Gasteiger partial charge in [0.2, 0.25) is 10.0 Å². The number of nitrogens with one attached hydrogen (secondary N) is 1. The van der Waals surface area contributed by atoms with E-state index in [4.69, 9.17) is 5.73 Å². The summed E-state index contributed by atoms with van der Waals surface area (Å²) in [6.07, 6.45) is 1.48. The molecule has 1 aliphatic rings. The molecule has 0 radical (unpaired) electrons. The number of para-hydroxylation sites is 1. The van der Waals surface area contributed by atoms with E-state index in [1.54, 1.807) is 42.5 Å². The van der Waals surface area contributed by atoms with Crippen LogP contribution in [-0.4, -0.2) is 32.5 Å². The number of benzene rings is 2. The molecule has 2 aromatic rings. The molecule has 3 rings (SSSR count). The maximum Gasteiger partial charge on any atom is 0.255 e. The number of nitrogens with zero attached hydrogens (tertiary/aromatic N) is 1. The van der Waals surface area contributed by atoms with Gasteiger partial charge in [0.05, 0.1) is 22.7 Å². The van der Waals surface area contributed by atoms with E-state index in [1.165, 1.54) is 10.4 Å². The van der Waals surface area contributed by atoms with Crippen molar-refractivity contribution in [3.05, 3.63) is 59.7 Å². The number of hydrogen-bond donors (Lipinski definition) is 2. The highest BCUT2D eigenvalue weighted by atomic mass is 32.2. The highest BCUT2D eigenvalue weighted by Gasteiger charge is 2.26. The van der Waals surface area contributed by atoms with Gasteiger partial charge in [-0.1, -0.05) is 12.1 Å². The molecule has 8 heteroatoms. The Kier molecular flexibility index (Phi) is 4.94. The second kappa shape index (κ2) is 7.17. The molecule has 0 spiro atoms. The summed E-state index contributed by atoms with van der Waals surface area (Å²) >= 11 is 0. The molecular formula is C18H19N3O4S. The number of sulfonamides is 1. The van der Waals surface area contributed by atoms with Crippen molar-refractivity contribution in [2.75, 3.05) is 21.9 Å². The van der Waals surface area contributed by atoms with Crippen LogP contribution in [0.2, 0.25) is 0 Å². The van der Waals surface area contributed by atoms with Gasteiger partial charge in [-0.05, 0) is 49.2 Å². The Balaban J connectivity index is 1.79. The van der Waals surface area contributed by atoms with Crippen LogP contribution in [0, 0.1) is 0 Å². The molecule has 1 saturated heterocycles. The Bertz CT molecular complexity index is 939. The number of carbonyl (C=O) groups is 2. The third-order valence-electron chi connectivity index (χ3n) is 4.21.